The molecular weight excluding hydrogens is 534 g/mol. The molecule has 0 aliphatic rings. The van der Waals surface area contributed by atoms with Gasteiger partial charge in [-0.15, -0.1) is 0 Å². The van der Waals surface area contributed by atoms with Crippen molar-refractivity contribution < 1.29 is 4.74 Å². The maximum Gasteiger partial charge on any atom is 0.293 e. The van der Waals surface area contributed by atoms with Gasteiger partial charge in [-0.1, -0.05) is 76.7 Å². The molecule has 7 heteroatoms. The molecule has 0 bridgehead atoms. The van der Waals surface area contributed by atoms with Crippen LogP contribution in [-0.4, -0.2) is 35.2 Å². The molecule has 0 unspecified atom stereocenters. The number of ether oxygens (including phenoxy) is 1. The number of benzene rings is 3. The summed E-state index contributed by atoms with van der Waals surface area (Å²) in [7, 11) is 5.51. The van der Waals surface area contributed by atoms with Crippen LogP contribution in [0.1, 0.15) is 56.4 Å². The summed E-state index contributed by atoms with van der Waals surface area (Å²) in [6.45, 7) is 16.9. The molecule has 0 amide bonds. The SMILES string of the molecule is C=C(Nc1cccc(-c2cn(C)c(=O)c(Nc3ccc(CN(C)CCC)c(OC)c3)n2)c1C)c1ccc(C(C)(C)C)cc1. The zero-order valence-electron chi connectivity index (χ0n) is 26.8. The zero-order valence-corrected chi connectivity index (χ0v) is 26.8. The van der Waals surface area contributed by atoms with Gasteiger partial charge in [-0.2, -0.15) is 0 Å². The van der Waals surface area contributed by atoms with Crippen molar-refractivity contribution >= 4 is 22.9 Å². The fourth-order valence-electron chi connectivity index (χ4n) is 5.11. The van der Waals surface area contributed by atoms with Gasteiger partial charge in [0.2, 0.25) is 0 Å². The highest BCUT2D eigenvalue weighted by atomic mass is 16.5. The van der Waals surface area contributed by atoms with Gasteiger partial charge in [0.25, 0.3) is 5.56 Å². The van der Waals surface area contributed by atoms with Gasteiger partial charge in [0, 0.05) is 54.1 Å². The zero-order chi connectivity index (χ0) is 31.3. The molecule has 0 saturated heterocycles. The van der Waals surface area contributed by atoms with E-state index in [1.165, 1.54) is 5.56 Å². The summed E-state index contributed by atoms with van der Waals surface area (Å²) in [6, 6.07) is 20.5. The van der Waals surface area contributed by atoms with Gasteiger partial charge in [-0.3, -0.25) is 4.79 Å². The van der Waals surface area contributed by atoms with E-state index in [-0.39, 0.29) is 16.8 Å². The largest absolute Gasteiger partial charge is 0.496 e. The van der Waals surface area contributed by atoms with Crippen molar-refractivity contribution in [1.82, 2.24) is 14.5 Å². The lowest BCUT2D eigenvalue weighted by Crippen LogP contribution is -2.21. The van der Waals surface area contributed by atoms with E-state index >= 15 is 0 Å². The molecule has 226 valence electrons. The Morgan fingerprint density at radius 2 is 1.81 bits per heavy atom. The van der Waals surface area contributed by atoms with Gasteiger partial charge in [0.05, 0.1) is 12.8 Å². The lowest BCUT2D eigenvalue weighted by atomic mass is 9.86. The van der Waals surface area contributed by atoms with Crippen LogP contribution in [0.3, 0.4) is 0 Å². The van der Waals surface area contributed by atoms with Crippen LogP contribution in [0.25, 0.3) is 17.0 Å². The van der Waals surface area contributed by atoms with Crippen molar-refractivity contribution in [2.45, 2.75) is 53.0 Å². The standard InChI is InChI=1S/C36H45N5O2/c1-10-20-40(7)22-27-16-19-29(21-33(27)43-9)38-34-35(42)41(8)23-32(39-34)30-12-11-13-31(24(30)2)37-25(3)26-14-17-28(18-15-26)36(4,5)6/h11-19,21,23,37H,3,10,20,22H2,1-2,4-9H3,(H,38,39). The molecule has 0 aliphatic carbocycles. The molecule has 2 N–H and O–H groups in total. The molecule has 7 nitrogen and oxygen atoms in total. The Hall–Kier alpha value is -4.36. The summed E-state index contributed by atoms with van der Waals surface area (Å²) in [6.07, 6.45) is 2.86. The van der Waals surface area contributed by atoms with Crippen molar-refractivity contribution in [3.05, 3.63) is 106 Å². The van der Waals surface area contributed by atoms with E-state index in [1.54, 1.807) is 24.9 Å². The molecule has 0 saturated carbocycles. The Kier molecular flexibility index (Phi) is 9.77. The monoisotopic (exact) mass is 579 g/mol. The summed E-state index contributed by atoms with van der Waals surface area (Å²) in [5.74, 6) is 1.02. The molecule has 0 aliphatic heterocycles. The quantitative estimate of drug-likeness (QED) is 0.189. The van der Waals surface area contributed by atoms with Crippen molar-refractivity contribution in [1.29, 1.82) is 0 Å². The first kappa shape index (κ1) is 31.6. The minimum Gasteiger partial charge on any atom is -0.496 e. The first-order chi connectivity index (χ1) is 20.4. The Bertz CT molecular complexity index is 1650. The van der Waals surface area contributed by atoms with Crippen molar-refractivity contribution in [3.8, 4) is 17.0 Å². The van der Waals surface area contributed by atoms with Crippen LogP contribution < -0.4 is 20.9 Å². The molecule has 1 aromatic heterocycles. The molecular formula is C36H45N5O2. The van der Waals surface area contributed by atoms with E-state index in [0.717, 1.165) is 64.6 Å². The molecule has 43 heavy (non-hydrogen) atoms. The third-order valence-corrected chi connectivity index (χ3v) is 7.66. The highest BCUT2D eigenvalue weighted by molar-refractivity contribution is 5.81. The highest BCUT2D eigenvalue weighted by Gasteiger charge is 2.16. The van der Waals surface area contributed by atoms with Gasteiger partial charge in [-0.25, -0.2) is 4.98 Å². The first-order valence-corrected chi connectivity index (χ1v) is 14.8. The van der Waals surface area contributed by atoms with Crippen LogP contribution in [0, 0.1) is 6.92 Å². The molecule has 1 heterocycles. The molecule has 0 atom stereocenters. The molecule has 0 fully saturated rings. The van der Waals surface area contributed by atoms with Crippen LogP contribution in [0.4, 0.5) is 17.2 Å². The normalized spacial score (nSPS) is 11.5. The van der Waals surface area contributed by atoms with E-state index in [1.807, 2.05) is 43.3 Å². The Morgan fingerprint density at radius 1 is 1.09 bits per heavy atom. The second-order valence-electron chi connectivity index (χ2n) is 12.2. The lowest BCUT2D eigenvalue weighted by molar-refractivity contribution is 0.318. The summed E-state index contributed by atoms with van der Waals surface area (Å²) >= 11 is 0. The maximum atomic E-state index is 13.1. The summed E-state index contributed by atoms with van der Waals surface area (Å²) < 4.78 is 7.24. The van der Waals surface area contributed by atoms with Crippen molar-refractivity contribution in [2.75, 3.05) is 31.3 Å². The highest BCUT2D eigenvalue weighted by Crippen LogP contribution is 2.31. The number of aromatic nitrogens is 2. The van der Waals surface area contributed by atoms with Crippen LogP contribution in [0.15, 0.2) is 78.2 Å². The Balaban J connectivity index is 1.60. The molecule has 0 spiro atoms. The molecule has 3 aromatic carbocycles. The van der Waals surface area contributed by atoms with E-state index < -0.39 is 0 Å². The summed E-state index contributed by atoms with van der Waals surface area (Å²) in [5, 5.41) is 6.73. The van der Waals surface area contributed by atoms with Gasteiger partial charge in [0.15, 0.2) is 5.82 Å². The third-order valence-electron chi connectivity index (χ3n) is 7.66. The van der Waals surface area contributed by atoms with Crippen LogP contribution in [0.2, 0.25) is 0 Å². The second kappa shape index (κ2) is 13.3. The van der Waals surface area contributed by atoms with Crippen LogP contribution in [-0.2, 0) is 19.0 Å². The maximum absolute atomic E-state index is 13.1. The number of rotatable bonds is 11. The number of nitrogens with one attached hydrogen (secondary N) is 2. The van der Waals surface area contributed by atoms with E-state index in [4.69, 9.17) is 9.72 Å². The first-order valence-electron chi connectivity index (χ1n) is 14.8. The number of nitrogens with zero attached hydrogens (tertiary/aromatic N) is 3. The van der Waals surface area contributed by atoms with Crippen molar-refractivity contribution in [2.24, 2.45) is 7.05 Å². The molecule has 4 rings (SSSR count). The fourth-order valence-corrected chi connectivity index (χ4v) is 5.11. The van der Waals surface area contributed by atoms with Crippen LogP contribution >= 0.6 is 0 Å². The number of aryl methyl sites for hydroxylation is 1. The average molecular weight is 580 g/mol. The smallest absolute Gasteiger partial charge is 0.293 e. The average Bonchev–Trinajstić information content (AvgIpc) is 2.97. The van der Waals surface area contributed by atoms with E-state index in [2.05, 4.69) is 81.1 Å². The number of anilines is 3. The lowest BCUT2D eigenvalue weighted by Gasteiger charge is -2.20. The predicted molar refractivity (Wildman–Crippen MR) is 180 cm³/mol. The number of methoxy groups -OCH3 is 1. The van der Waals surface area contributed by atoms with Gasteiger partial charge in [0.1, 0.15) is 5.75 Å². The van der Waals surface area contributed by atoms with Gasteiger partial charge >= 0.3 is 0 Å². The minimum absolute atomic E-state index is 0.0928. The minimum atomic E-state index is -0.214. The fraction of sp³-hybridized carbons (Fsp3) is 0.333. The van der Waals surface area contributed by atoms with Gasteiger partial charge < -0.3 is 24.8 Å². The second-order valence-corrected chi connectivity index (χ2v) is 12.2. The Morgan fingerprint density at radius 3 is 2.47 bits per heavy atom. The number of hydrogen-bond acceptors (Lipinski definition) is 6. The predicted octanol–water partition coefficient (Wildman–Crippen LogP) is 7.73. The molecule has 0 radical (unpaired) electrons. The summed E-state index contributed by atoms with van der Waals surface area (Å²) in [4.78, 5) is 20.1. The van der Waals surface area contributed by atoms with Crippen molar-refractivity contribution in [3.63, 3.8) is 0 Å². The summed E-state index contributed by atoms with van der Waals surface area (Å²) in [5.41, 5.74) is 8.38. The third kappa shape index (κ3) is 7.54. The Labute approximate surface area is 256 Å². The van der Waals surface area contributed by atoms with E-state index in [9.17, 15) is 4.79 Å². The van der Waals surface area contributed by atoms with E-state index in [0.29, 0.717) is 5.69 Å². The topological polar surface area (TPSA) is 71.4 Å². The van der Waals surface area contributed by atoms with Gasteiger partial charge in [-0.05, 0) is 61.2 Å². The number of hydrogen-bond donors (Lipinski definition) is 2. The molecule has 4 aromatic rings. The van der Waals surface area contributed by atoms with Crippen LogP contribution in [0.5, 0.6) is 5.75 Å².